The quantitative estimate of drug-likeness (QED) is 0.820. The first-order chi connectivity index (χ1) is 8.15. The van der Waals surface area contributed by atoms with Crippen molar-refractivity contribution in [2.75, 3.05) is 19.6 Å². The summed E-state index contributed by atoms with van der Waals surface area (Å²) in [5, 5.41) is 11.6. The summed E-state index contributed by atoms with van der Waals surface area (Å²) < 4.78 is 2.15. The Morgan fingerprint density at radius 1 is 1.35 bits per heavy atom. The van der Waals surface area contributed by atoms with E-state index >= 15 is 0 Å². The van der Waals surface area contributed by atoms with Crippen LogP contribution in [0.25, 0.3) is 0 Å². The van der Waals surface area contributed by atoms with Gasteiger partial charge in [-0.15, -0.1) is 10.2 Å². The minimum atomic E-state index is 0.571. The van der Waals surface area contributed by atoms with E-state index in [0.717, 1.165) is 38.5 Å². The van der Waals surface area contributed by atoms with Crippen molar-refractivity contribution in [1.82, 2.24) is 25.0 Å². The molecule has 17 heavy (non-hydrogen) atoms. The predicted molar refractivity (Wildman–Crippen MR) is 67.6 cm³/mol. The molecular formula is C12H23N5. The molecule has 0 aliphatic carbocycles. The molecule has 0 spiro atoms. The van der Waals surface area contributed by atoms with Gasteiger partial charge in [0, 0.05) is 25.7 Å². The predicted octanol–water partition coefficient (Wildman–Crippen LogP) is 0.728. The Morgan fingerprint density at radius 2 is 2.18 bits per heavy atom. The average Bonchev–Trinajstić information content (AvgIpc) is 2.73. The van der Waals surface area contributed by atoms with Crippen LogP contribution in [-0.2, 0) is 13.1 Å². The monoisotopic (exact) mass is 237 g/mol. The van der Waals surface area contributed by atoms with Crippen LogP contribution < -0.4 is 5.32 Å². The van der Waals surface area contributed by atoms with Gasteiger partial charge in [0.2, 0.25) is 0 Å². The van der Waals surface area contributed by atoms with Gasteiger partial charge in [0.1, 0.15) is 12.2 Å². The lowest BCUT2D eigenvalue weighted by atomic mass is 10.1. The molecule has 1 aliphatic rings. The molecule has 1 aliphatic heterocycles. The molecule has 0 radical (unpaired) electrons. The lowest BCUT2D eigenvalue weighted by molar-refractivity contribution is 0.187. The van der Waals surface area contributed by atoms with E-state index in [4.69, 9.17) is 0 Å². The third kappa shape index (κ3) is 3.51. The van der Waals surface area contributed by atoms with Gasteiger partial charge < -0.3 is 9.88 Å². The molecule has 2 rings (SSSR count). The van der Waals surface area contributed by atoms with Crippen LogP contribution in [0, 0.1) is 5.92 Å². The zero-order valence-electron chi connectivity index (χ0n) is 11.1. The molecule has 96 valence electrons. The minimum absolute atomic E-state index is 0.571. The molecular weight excluding hydrogens is 214 g/mol. The minimum Gasteiger partial charge on any atom is -0.315 e. The highest BCUT2D eigenvalue weighted by Crippen LogP contribution is 2.10. The third-order valence-electron chi connectivity index (χ3n) is 3.16. The Kier molecular flexibility index (Phi) is 4.12. The smallest absolute Gasteiger partial charge is 0.147 e. The summed E-state index contributed by atoms with van der Waals surface area (Å²) in [6.07, 6.45) is 1.83. The van der Waals surface area contributed by atoms with Crippen LogP contribution in [0.1, 0.15) is 26.6 Å². The van der Waals surface area contributed by atoms with Gasteiger partial charge in [-0.25, -0.2) is 0 Å². The molecule has 5 nitrogen and oxygen atoms in total. The topological polar surface area (TPSA) is 46.0 Å². The first kappa shape index (κ1) is 12.5. The second-order valence-corrected chi connectivity index (χ2v) is 5.34. The van der Waals surface area contributed by atoms with Gasteiger partial charge in [0.15, 0.2) is 0 Å². The van der Waals surface area contributed by atoms with E-state index in [2.05, 4.69) is 45.8 Å². The van der Waals surface area contributed by atoms with Crippen LogP contribution in [0.3, 0.4) is 0 Å². The average molecular weight is 237 g/mol. The summed E-state index contributed by atoms with van der Waals surface area (Å²) in [4.78, 5) is 2.47. The second kappa shape index (κ2) is 5.60. The second-order valence-electron chi connectivity index (χ2n) is 5.34. The summed E-state index contributed by atoms with van der Waals surface area (Å²) in [6.45, 7) is 12.0. The standard InChI is InChI=1S/C12H23N5/c1-10(2)13-6-11(3)7-16-4-5-17-9-14-15-12(17)8-16/h9-11,13H,4-8H2,1-3H3. The van der Waals surface area contributed by atoms with E-state index in [-0.39, 0.29) is 0 Å². The fourth-order valence-electron chi connectivity index (χ4n) is 2.21. The van der Waals surface area contributed by atoms with Crippen molar-refractivity contribution in [2.24, 2.45) is 5.92 Å². The highest BCUT2D eigenvalue weighted by atomic mass is 15.3. The van der Waals surface area contributed by atoms with Crippen LogP contribution in [0.15, 0.2) is 6.33 Å². The Bertz CT molecular complexity index is 346. The molecule has 0 fully saturated rings. The van der Waals surface area contributed by atoms with Crippen LogP contribution in [0.2, 0.25) is 0 Å². The van der Waals surface area contributed by atoms with E-state index in [1.54, 1.807) is 0 Å². The Morgan fingerprint density at radius 3 is 2.94 bits per heavy atom. The van der Waals surface area contributed by atoms with Crippen molar-refractivity contribution >= 4 is 0 Å². The van der Waals surface area contributed by atoms with Gasteiger partial charge >= 0.3 is 0 Å². The Hall–Kier alpha value is -0.940. The highest BCUT2D eigenvalue weighted by molar-refractivity contribution is 4.90. The van der Waals surface area contributed by atoms with Crippen molar-refractivity contribution in [3.8, 4) is 0 Å². The van der Waals surface area contributed by atoms with E-state index in [0.29, 0.717) is 12.0 Å². The molecule has 1 aromatic rings. The van der Waals surface area contributed by atoms with E-state index in [1.165, 1.54) is 0 Å². The summed E-state index contributed by atoms with van der Waals surface area (Å²) >= 11 is 0. The molecule has 1 N–H and O–H groups in total. The number of rotatable bonds is 5. The molecule has 2 heterocycles. The number of nitrogens with zero attached hydrogens (tertiary/aromatic N) is 4. The van der Waals surface area contributed by atoms with Crippen molar-refractivity contribution in [3.63, 3.8) is 0 Å². The highest BCUT2D eigenvalue weighted by Gasteiger charge is 2.18. The van der Waals surface area contributed by atoms with E-state index < -0.39 is 0 Å². The maximum absolute atomic E-state index is 4.14. The zero-order chi connectivity index (χ0) is 12.3. The van der Waals surface area contributed by atoms with Gasteiger partial charge in [-0.3, -0.25) is 4.90 Å². The number of hydrogen-bond donors (Lipinski definition) is 1. The molecule has 0 bridgehead atoms. The fourth-order valence-corrected chi connectivity index (χ4v) is 2.21. The molecule has 0 aromatic carbocycles. The summed E-state index contributed by atoms with van der Waals surface area (Å²) in [5.74, 6) is 1.77. The van der Waals surface area contributed by atoms with Gasteiger partial charge in [-0.05, 0) is 12.5 Å². The molecule has 0 amide bonds. The number of aromatic nitrogens is 3. The summed E-state index contributed by atoms with van der Waals surface area (Å²) in [7, 11) is 0. The van der Waals surface area contributed by atoms with Crippen LogP contribution in [-0.4, -0.2) is 45.3 Å². The van der Waals surface area contributed by atoms with E-state index in [1.807, 2.05) is 6.33 Å². The normalized spacial score (nSPS) is 18.4. The molecule has 0 saturated heterocycles. The summed E-state index contributed by atoms with van der Waals surface area (Å²) in [6, 6.07) is 0.571. The van der Waals surface area contributed by atoms with Crippen molar-refractivity contribution in [2.45, 2.75) is 39.9 Å². The number of hydrogen-bond acceptors (Lipinski definition) is 4. The van der Waals surface area contributed by atoms with Gasteiger partial charge in [0.25, 0.3) is 0 Å². The van der Waals surface area contributed by atoms with Gasteiger partial charge in [-0.1, -0.05) is 20.8 Å². The SMILES string of the molecule is CC(CNC(C)C)CN1CCn2cnnc2C1. The van der Waals surface area contributed by atoms with Crippen molar-refractivity contribution in [1.29, 1.82) is 0 Å². The van der Waals surface area contributed by atoms with E-state index in [9.17, 15) is 0 Å². The first-order valence-electron chi connectivity index (χ1n) is 6.47. The Balaban J connectivity index is 1.77. The number of fused-ring (bicyclic) bond motifs is 1. The van der Waals surface area contributed by atoms with Crippen LogP contribution in [0.5, 0.6) is 0 Å². The molecule has 1 aromatic heterocycles. The first-order valence-corrected chi connectivity index (χ1v) is 6.47. The van der Waals surface area contributed by atoms with Crippen molar-refractivity contribution < 1.29 is 0 Å². The molecule has 1 atom stereocenters. The van der Waals surface area contributed by atoms with Crippen LogP contribution in [0.4, 0.5) is 0 Å². The van der Waals surface area contributed by atoms with Crippen molar-refractivity contribution in [3.05, 3.63) is 12.2 Å². The maximum atomic E-state index is 4.14. The largest absolute Gasteiger partial charge is 0.315 e. The lowest BCUT2D eigenvalue weighted by Crippen LogP contribution is -2.39. The Labute approximate surface area is 103 Å². The van der Waals surface area contributed by atoms with Crippen LogP contribution >= 0.6 is 0 Å². The maximum Gasteiger partial charge on any atom is 0.147 e. The van der Waals surface area contributed by atoms with Gasteiger partial charge in [-0.2, -0.15) is 0 Å². The third-order valence-corrected chi connectivity index (χ3v) is 3.16. The molecule has 5 heteroatoms. The zero-order valence-corrected chi connectivity index (χ0v) is 11.1. The summed E-state index contributed by atoms with van der Waals surface area (Å²) in [5.41, 5.74) is 0. The number of nitrogens with one attached hydrogen (secondary N) is 1. The molecule has 1 unspecified atom stereocenters. The fraction of sp³-hybridized carbons (Fsp3) is 0.833. The molecule has 0 saturated carbocycles. The lowest BCUT2D eigenvalue weighted by Gasteiger charge is -2.29. The van der Waals surface area contributed by atoms with Gasteiger partial charge in [0.05, 0.1) is 6.54 Å².